The van der Waals surface area contributed by atoms with Gasteiger partial charge in [-0.2, -0.15) is 4.99 Å². The standard InChI is InChI=1S/C25H21N3O2/c1-3-28-21-12-8-7-11-19(21)20-15-17(13-14-22(20)28)16-23-24(29)27(2)25(30-23)26-18-9-5-4-6-10-18/h4-16H,3H2,1-2H3/b23-16+,26-25?. The van der Waals surface area contributed by atoms with Gasteiger partial charge < -0.3 is 9.30 Å². The number of ether oxygens (including phenoxy) is 1. The van der Waals surface area contributed by atoms with Gasteiger partial charge in [-0.15, -0.1) is 0 Å². The van der Waals surface area contributed by atoms with E-state index < -0.39 is 0 Å². The molecule has 30 heavy (non-hydrogen) atoms. The van der Waals surface area contributed by atoms with Crippen LogP contribution in [0.15, 0.2) is 83.5 Å². The molecule has 0 aliphatic carbocycles. The zero-order chi connectivity index (χ0) is 20.7. The molecule has 1 amide bonds. The maximum Gasteiger partial charge on any atom is 0.305 e. The van der Waals surface area contributed by atoms with E-state index in [9.17, 15) is 4.79 Å². The molecule has 5 nitrogen and oxygen atoms in total. The number of aromatic nitrogens is 1. The number of carbonyl (C=O) groups is 1. The molecule has 0 unspecified atom stereocenters. The van der Waals surface area contributed by atoms with E-state index in [1.165, 1.54) is 26.7 Å². The molecule has 0 atom stereocenters. The van der Waals surface area contributed by atoms with E-state index in [1.807, 2.05) is 36.4 Å². The Morgan fingerprint density at radius 3 is 2.47 bits per heavy atom. The second-order valence-electron chi connectivity index (χ2n) is 7.24. The second-order valence-corrected chi connectivity index (χ2v) is 7.24. The molecule has 2 heterocycles. The Morgan fingerprint density at radius 2 is 1.67 bits per heavy atom. The first kappa shape index (κ1) is 18.2. The van der Waals surface area contributed by atoms with Crippen molar-refractivity contribution in [2.24, 2.45) is 4.99 Å². The highest BCUT2D eigenvalue weighted by Crippen LogP contribution is 2.31. The number of amidine groups is 1. The van der Waals surface area contributed by atoms with Gasteiger partial charge in [-0.05, 0) is 48.9 Å². The summed E-state index contributed by atoms with van der Waals surface area (Å²) in [5.74, 6) is 0.0616. The van der Waals surface area contributed by atoms with Crippen LogP contribution in [0, 0.1) is 0 Å². The number of amides is 1. The van der Waals surface area contributed by atoms with Gasteiger partial charge >= 0.3 is 6.02 Å². The number of aryl methyl sites for hydroxylation is 1. The van der Waals surface area contributed by atoms with Crippen LogP contribution in [0.4, 0.5) is 5.69 Å². The van der Waals surface area contributed by atoms with Gasteiger partial charge in [-0.25, -0.2) is 0 Å². The van der Waals surface area contributed by atoms with Gasteiger partial charge in [0.1, 0.15) is 0 Å². The topological polar surface area (TPSA) is 46.8 Å². The predicted octanol–water partition coefficient (Wildman–Crippen LogP) is 5.33. The van der Waals surface area contributed by atoms with Gasteiger partial charge in [0, 0.05) is 35.4 Å². The van der Waals surface area contributed by atoms with Gasteiger partial charge in [-0.3, -0.25) is 9.69 Å². The molecule has 1 aliphatic heterocycles. The number of hydrogen-bond donors (Lipinski definition) is 0. The van der Waals surface area contributed by atoms with Gasteiger partial charge in [0.15, 0.2) is 5.76 Å². The molecular formula is C25H21N3O2. The van der Waals surface area contributed by atoms with Crippen molar-refractivity contribution in [3.8, 4) is 0 Å². The summed E-state index contributed by atoms with van der Waals surface area (Å²) >= 11 is 0. The highest BCUT2D eigenvalue weighted by atomic mass is 16.5. The number of fused-ring (bicyclic) bond motifs is 3. The van der Waals surface area contributed by atoms with Crippen LogP contribution in [0.2, 0.25) is 0 Å². The molecule has 0 radical (unpaired) electrons. The first-order valence-corrected chi connectivity index (χ1v) is 9.98. The number of aliphatic imine (C=N–C) groups is 1. The Bertz CT molecular complexity index is 1330. The summed E-state index contributed by atoms with van der Waals surface area (Å²) in [5, 5.41) is 2.37. The average molecular weight is 395 g/mol. The molecule has 148 valence electrons. The number of hydrogen-bond acceptors (Lipinski definition) is 3. The number of benzene rings is 3. The maximum atomic E-state index is 12.7. The fourth-order valence-corrected chi connectivity index (χ4v) is 3.92. The lowest BCUT2D eigenvalue weighted by atomic mass is 10.1. The number of nitrogens with zero attached hydrogens (tertiary/aromatic N) is 3. The molecule has 4 aromatic rings. The van der Waals surface area contributed by atoms with Crippen LogP contribution in [0.3, 0.4) is 0 Å². The number of rotatable bonds is 3. The Balaban J connectivity index is 1.55. The highest BCUT2D eigenvalue weighted by molar-refractivity contribution is 6.12. The van der Waals surface area contributed by atoms with Gasteiger partial charge in [-0.1, -0.05) is 42.5 Å². The lowest BCUT2D eigenvalue weighted by molar-refractivity contribution is -0.122. The first-order chi connectivity index (χ1) is 14.7. The smallest absolute Gasteiger partial charge is 0.305 e. The van der Waals surface area contributed by atoms with Crippen molar-refractivity contribution in [2.45, 2.75) is 13.5 Å². The van der Waals surface area contributed by atoms with E-state index in [0.717, 1.165) is 17.8 Å². The number of carbonyl (C=O) groups excluding carboxylic acids is 1. The fourth-order valence-electron chi connectivity index (χ4n) is 3.92. The minimum Gasteiger partial charge on any atom is -0.419 e. The molecule has 0 saturated carbocycles. The predicted molar refractivity (Wildman–Crippen MR) is 120 cm³/mol. The molecule has 0 spiro atoms. The lowest BCUT2D eigenvalue weighted by Gasteiger charge is -2.04. The fraction of sp³-hybridized carbons (Fsp3) is 0.120. The van der Waals surface area contributed by atoms with Crippen LogP contribution in [-0.4, -0.2) is 28.4 Å². The zero-order valence-electron chi connectivity index (χ0n) is 16.9. The van der Waals surface area contributed by atoms with Crippen LogP contribution in [0.5, 0.6) is 0 Å². The van der Waals surface area contributed by atoms with Crippen molar-refractivity contribution in [1.82, 2.24) is 9.47 Å². The summed E-state index contributed by atoms with van der Waals surface area (Å²) in [6, 6.07) is 24.4. The Kier molecular flexibility index (Phi) is 4.36. The third kappa shape index (κ3) is 2.95. The molecule has 0 bridgehead atoms. The molecule has 5 heteroatoms. The van der Waals surface area contributed by atoms with E-state index in [1.54, 1.807) is 13.1 Å². The summed E-state index contributed by atoms with van der Waals surface area (Å²) in [7, 11) is 1.67. The Hall–Kier alpha value is -3.86. The molecule has 1 saturated heterocycles. The molecule has 5 rings (SSSR count). The van der Waals surface area contributed by atoms with Crippen molar-refractivity contribution in [3.05, 3.63) is 84.1 Å². The first-order valence-electron chi connectivity index (χ1n) is 9.98. The van der Waals surface area contributed by atoms with Gasteiger partial charge in [0.2, 0.25) is 0 Å². The quantitative estimate of drug-likeness (QED) is 0.440. The van der Waals surface area contributed by atoms with Crippen LogP contribution in [0.1, 0.15) is 12.5 Å². The summed E-state index contributed by atoms with van der Waals surface area (Å²) < 4.78 is 8.10. The van der Waals surface area contributed by atoms with Crippen molar-refractivity contribution in [3.63, 3.8) is 0 Å². The third-order valence-electron chi connectivity index (χ3n) is 5.39. The van der Waals surface area contributed by atoms with E-state index in [0.29, 0.717) is 0 Å². The van der Waals surface area contributed by atoms with E-state index in [2.05, 4.69) is 52.9 Å². The maximum absolute atomic E-state index is 12.7. The van der Waals surface area contributed by atoms with Gasteiger partial charge in [0.05, 0.1) is 5.69 Å². The Labute approximate surface area is 174 Å². The number of para-hydroxylation sites is 2. The minimum absolute atomic E-state index is 0.208. The third-order valence-corrected chi connectivity index (χ3v) is 5.39. The molecular weight excluding hydrogens is 374 g/mol. The number of likely N-dealkylation sites (N-methyl/N-ethyl adjacent to an activating group) is 1. The van der Waals surface area contributed by atoms with Crippen LogP contribution >= 0.6 is 0 Å². The monoisotopic (exact) mass is 395 g/mol. The largest absolute Gasteiger partial charge is 0.419 e. The van der Waals surface area contributed by atoms with E-state index in [-0.39, 0.29) is 17.7 Å². The Morgan fingerprint density at radius 1 is 0.933 bits per heavy atom. The van der Waals surface area contributed by atoms with E-state index in [4.69, 9.17) is 4.74 Å². The van der Waals surface area contributed by atoms with E-state index >= 15 is 0 Å². The van der Waals surface area contributed by atoms with Crippen molar-refractivity contribution >= 4 is 45.5 Å². The molecule has 1 aliphatic rings. The SMILES string of the molecule is CCn1c2ccccc2c2cc(/C=C3/OC(=Nc4ccccc4)N(C)C3=O)ccc21. The van der Waals surface area contributed by atoms with Crippen LogP contribution < -0.4 is 0 Å². The minimum atomic E-state index is -0.208. The average Bonchev–Trinajstić information content (AvgIpc) is 3.23. The normalized spacial score (nSPS) is 16.9. The second kappa shape index (κ2) is 7.19. The summed E-state index contributed by atoms with van der Waals surface area (Å²) in [5.41, 5.74) is 4.05. The zero-order valence-corrected chi connectivity index (χ0v) is 16.9. The van der Waals surface area contributed by atoms with Gasteiger partial charge in [0.25, 0.3) is 5.91 Å². The van der Waals surface area contributed by atoms with Crippen molar-refractivity contribution < 1.29 is 9.53 Å². The summed E-state index contributed by atoms with van der Waals surface area (Å²) in [6.07, 6.45) is 1.78. The van der Waals surface area contributed by atoms with Crippen molar-refractivity contribution in [2.75, 3.05) is 7.05 Å². The van der Waals surface area contributed by atoms with Crippen LogP contribution in [0.25, 0.3) is 27.9 Å². The molecule has 3 aromatic carbocycles. The molecule has 1 fully saturated rings. The van der Waals surface area contributed by atoms with Crippen LogP contribution in [-0.2, 0) is 16.1 Å². The molecule has 0 N–H and O–H groups in total. The summed E-state index contributed by atoms with van der Waals surface area (Å²) in [6.45, 7) is 3.05. The highest BCUT2D eigenvalue weighted by Gasteiger charge is 2.31. The molecule has 1 aromatic heterocycles. The lowest BCUT2D eigenvalue weighted by Crippen LogP contribution is -2.24. The van der Waals surface area contributed by atoms with Crippen molar-refractivity contribution in [1.29, 1.82) is 0 Å². The summed E-state index contributed by atoms with van der Waals surface area (Å²) in [4.78, 5) is 18.6.